The third-order valence-corrected chi connectivity index (χ3v) is 9.37. The lowest BCUT2D eigenvalue weighted by atomic mass is 9.96. The van der Waals surface area contributed by atoms with Crippen molar-refractivity contribution in [2.45, 2.75) is 40.5 Å². The molecule has 0 N–H and O–H groups in total. The lowest BCUT2D eigenvalue weighted by Crippen LogP contribution is -2.21. The Bertz CT molecular complexity index is 2530. The molecule has 54 heavy (non-hydrogen) atoms. The zero-order chi connectivity index (χ0) is 37.8. The van der Waals surface area contributed by atoms with Crippen LogP contribution in [0.1, 0.15) is 60.7 Å². The molecule has 7 rings (SSSR count). The molecule has 2 aromatic heterocycles. The molecule has 0 fully saturated rings. The number of hydrogen-bond donors (Lipinski definition) is 0. The molecule has 8 heteroatoms. The molecule has 0 amide bonds. The Kier molecular flexibility index (Phi) is 10.4. The van der Waals surface area contributed by atoms with E-state index in [1.54, 1.807) is 31.3 Å². The highest BCUT2D eigenvalue weighted by atomic mass is 16.5. The van der Waals surface area contributed by atoms with Crippen LogP contribution in [0, 0.1) is 6.92 Å². The predicted octanol–water partition coefficient (Wildman–Crippen LogP) is 10.1. The Morgan fingerprint density at radius 2 is 1.48 bits per heavy atom. The second-order valence-electron chi connectivity index (χ2n) is 13.3. The Labute approximate surface area is 315 Å². The highest BCUT2D eigenvalue weighted by Gasteiger charge is 2.22. The molecule has 7 aromatic rings. The second kappa shape index (κ2) is 15.6. The van der Waals surface area contributed by atoms with Gasteiger partial charge in [-0.3, -0.25) is 4.79 Å². The summed E-state index contributed by atoms with van der Waals surface area (Å²) in [6.45, 7) is 10.9. The summed E-state index contributed by atoms with van der Waals surface area (Å²) in [5.41, 5.74) is 8.88. The van der Waals surface area contributed by atoms with Gasteiger partial charge in [0.25, 0.3) is 5.56 Å². The van der Waals surface area contributed by atoms with E-state index in [0.29, 0.717) is 35.5 Å². The molecule has 0 bridgehead atoms. The van der Waals surface area contributed by atoms with E-state index in [2.05, 4.69) is 54.8 Å². The Morgan fingerprint density at radius 3 is 2.15 bits per heavy atom. The van der Waals surface area contributed by atoms with Gasteiger partial charge in [0, 0.05) is 16.8 Å². The van der Waals surface area contributed by atoms with E-state index in [1.807, 2.05) is 86.6 Å². The molecular weight excluding hydrogens is 673 g/mol. The minimum atomic E-state index is -0.371. The van der Waals surface area contributed by atoms with Crippen LogP contribution in [0.2, 0.25) is 0 Å². The van der Waals surface area contributed by atoms with Gasteiger partial charge in [0.1, 0.15) is 5.75 Å². The molecule has 0 spiro atoms. The van der Waals surface area contributed by atoms with Crippen LogP contribution < -0.4 is 10.3 Å². The van der Waals surface area contributed by atoms with Gasteiger partial charge in [0.2, 0.25) is 0 Å². The SMILES string of the molecule is CCOC(=O)c1ccc(-n2c(-c3ccccc3)cc(C=Nn3c(-c4cc(C(C)C)c(OCC)cc4C)nc4ccccc4c3=O)c2-c2ccccc2)cc1. The van der Waals surface area contributed by atoms with Gasteiger partial charge >= 0.3 is 5.97 Å². The molecule has 0 saturated heterocycles. The normalized spacial score (nSPS) is 11.4. The van der Waals surface area contributed by atoms with Gasteiger partial charge < -0.3 is 14.0 Å². The van der Waals surface area contributed by atoms with Gasteiger partial charge in [0.05, 0.1) is 47.3 Å². The summed E-state index contributed by atoms with van der Waals surface area (Å²) >= 11 is 0. The van der Waals surface area contributed by atoms with Gasteiger partial charge in [-0.1, -0.05) is 86.6 Å². The molecule has 5 aromatic carbocycles. The number of ether oxygens (including phenoxy) is 2. The molecule has 2 heterocycles. The van der Waals surface area contributed by atoms with Crippen molar-refractivity contribution in [3.63, 3.8) is 0 Å². The van der Waals surface area contributed by atoms with Gasteiger partial charge in [-0.2, -0.15) is 9.78 Å². The van der Waals surface area contributed by atoms with Crippen LogP contribution in [0.15, 0.2) is 137 Å². The van der Waals surface area contributed by atoms with Gasteiger partial charge in [-0.15, -0.1) is 0 Å². The van der Waals surface area contributed by atoms with E-state index in [0.717, 1.165) is 56.2 Å². The molecule has 0 radical (unpaired) electrons. The quantitative estimate of drug-likeness (QED) is 0.0983. The van der Waals surface area contributed by atoms with Crippen LogP contribution in [-0.2, 0) is 4.74 Å². The fraction of sp³-hybridized carbons (Fsp3) is 0.174. The molecule has 0 aliphatic carbocycles. The molecule has 270 valence electrons. The number of benzene rings is 5. The standard InChI is InChI=1S/C46H42N4O4/c1-6-53-42-26-31(5)39(28-38(42)30(3)4)44-48-40-21-15-14-20-37(40)45(51)50(44)47-29-35-27-41(32-16-10-8-11-17-32)49(43(35)33-18-12-9-13-19-33)36-24-22-34(23-25-36)46(52)54-7-2/h8-30H,6-7H2,1-5H3. The minimum Gasteiger partial charge on any atom is -0.494 e. The molecule has 8 nitrogen and oxygen atoms in total. The van der Waals surface area contributed by atoms with E-state index >= 15 is 0 Å². The molecule has 0 saturated carbocycles. The lowest BCUT2D eigenvalue weighted by molar-refractivity contribution is 0.0526. The van der Waals surface area contributed by atoms with Crippen LogP contribution in [0.4, 0.5) is 0 Å². The lowest BCUT2D eigenvalue weighted by Gasteiger charge is -2.18. The highest BCUT2D eigenvalue weighted by Crippen LogP contribution is 2.37. The van der Waals surface area contributed by atoms with Crippen LogP contribution in [0.25, 0.3) is 50.5 Å². The maximum absolute atomic E-state index is 14.4. The summed E-state index contributed by atoms with van der Waals surface area (Å²) < 4.78 is 14.9. The van der Waals surface area contributed by atoms with Crippen LogP contribution >= 0.6 is 0 Å². The smallest absolute Gasteiger partial charge is 0.338 e. The van der Waals surface area contributed by atoms with Crippen molar-refractivity contribution in [2.75, 3.05) is 13.2 Å². The third kappa shape index (κ3) is 6.98. The molecule has 0 aliphatic rings. The first-order valence-electron chi connectivity index (χ1n) is 18.3. The summed E-state index contributed by atoms with van der Waals surface area (Å²) in [5, 5.41) is 5.44. The number of esters is 1. The first kappa shape index (κ1) is 35.8. The monoisotopic (exact) mass is 714 g/mol. The maximum atomic E-state index is 14.4. The highest BCUT2D eigenvalue weighted by molar-refractivity contribution is 5.94. The van der Waals surface area contributed by atoms with E-state index in [9.17, 15) is 9.59 Å². The van der Waals surface area contributed by atoms with Gasteiger partial charge in [-0.25, -0.2) is 9.78 Å². The van der Waals surface area contributed by atoms with Gasteiger partial charge in [-0.05, 0) is 104 Å². The largest absolute Gasteiger partial charge is 0.494 e. The number of fused-ring (bicyclic) bond motifs is 1. The van der Waals surface area contributed by atoms with Crippen molar-refractivity contribution in [3.05, 3.63) is 160 Å². The summed E-state index contributed by atoms with van der Waals surface area (Å²) in [7, 11) is 0. The van der Waals surface area contributed by atoms with Crippen molar-refractivity contribution in [3.8, 4) is 45.3 Å². The molecule has 0 unspecified atom stereocenters. The fourth-order valence-electron chi connectivity index (χ4n) is 6.77. The van der Waals surface area contributed by atoms with Crippen LogP contribution in [0.5, 0.6) is 5.75 Å². The maximum Gasteiger partial charge on any atom is 0.338 e. The number of carbonyl (C=O) groups is 1. The van der Waals surface area contributed by atoms with E-state index < -0.39 is 0 Å². The van der Waals surface area contributed by atoms with Crippen molar-refractivity contribution < 1.29 is 14.3 Å². The average molecular weight is 715 g/mol. The third-order valence-electron chi connectivity index (χ3n) is 9.37. The minimum absolute atomic E-state index is 0.172. The topological polar surface area (TPSA) is 87.7 Å². The Balaban J connectivity index is 1.48. The van der Waals surface area contributed by atoms with Crippen LogP contribution in [0.3, 0.4) is 0 Å². The fourth-order valence-corrected chi connectivity index (χ4v) is 6.77. The summed E-state index contributed by atoms with van der Waals surface area (Å²) in [5.74, 6) is 1.07. The van der Waals surface area contributed by atoms with E-state index in [4.69, 9.17) is 19.6 Å². The average Bonchev–Trinajstić information content (AvgIpc) is 3.58. The van der Waals surface area contributed by atoms with E-state index in [-0.39, 0.29) is 17.4 Å². The second-order valence-corrected chi connectivity index (χ2v) is 13.3. The predicted molar refractivity (Wildman–Crippen MR) is 217 cm³/mol. The number of carbonyl (C=O) groups excluding carboxylic acids is 1. The number of rotatable bonds is 11. The first-order valence-corrected chi connectivity index (χ1v) is 18.3. The van der Waals surface area contributed by atoms with Crippen molar-refractivity contribution in [1.82, 2.24) is 14.2 Å². The molecule has 0 atom stereocenters. The zero-order valence-electron chi connectivity index (χ0n) is 31.1. The number of nitrogens with zero attached hydrogens (tertiary/aromatic N) is 4. The summed E-state index contributed by atoms with van der Waals surface area (Å²) in [6, 6.07) is 41.1. The van der Waals surface area contributed by atoms with Crippen molar-refractivity contribution in [2.24, 2.45) is 5.10 Å². The van der Waals surface area contributed by atoms with Crippen LogP contribution in [-0.4, -0.2) is 39.6 Å². The summed E-state index contributed by atoms with van der Waals surface area (Å²) in [4.78, 5) is 32.0. The number of aryl methyl sites for hydroxylation is 1. The Hall–Kier alpha value is -6.54. The number of aromatic nitrogens is 3. The molecular formula is C46H42N4O4. The van der Waals surface area contributed by atoms with Crippen molar-refractivity contribution >= 4 is 23.1 Å². The van der Waals surface area contributed by atoms with Gasteiger partial charge in [0.15, 0.2) is 5.82 Å². The molecule has 0 aliphatic heterocycles. The zero-order valence-corrected chi connectivity index (χ0v) is 31.1. The number of hydrogen-bond acceptors (Lipinski definition) is 6. The summed E-state index contributed by atoms with van der Waals surface area (Å²) in [6.07, 6.45) is 1.74. The number of para-hydroxylation sites is 1. The first-order chi connectivity index (χ1) is 26.3. The Morgan fingerprint density at radius 1 is 0.815 bits per heavy atom. The van der Waals surface area contributed by atoms with Crippen molar-refractivity contribution in [1.29, 1.82) is 0 Å². The van der Waals surface area contributed by atoms with E-state index in [1.165, 1.54) is 4.68 Å².